The highest BCUT2D eigenvalue weighted by Gasteiger charge is 2.21. The van der Waals surface area contributed by atoms with Crippen LogP contribution in [0, 0.1) is 0 Å². The number of ether oxygens (including phenoxy) is 2. The van der Waals surface area contributed by atoms with Crippen molar-refractivity contribution >= 4 is 19.8 Å². The van der Waals surface area contributed by atoms with Gasteiger partial charge in [0, 0.05) is 12.8 Å². The number of carbonyl (C=O) groups is 2. The van der Waals surface area contributed by atoms with E-state index in [0.29, 0.717) is 30.3 Å². The minimum absolute atomic E-state index is 0.0455. The van der Waals surface area contributed by atoms with Crippen LogP contribution in [0.5, 0.6) is 0 Å². The number of phosphoric acid groups is 1. The van der Waals surface area contributed by atoms with Gasteiger partial charge >= 0.3 is 11.9 Å². The molecule has 0 spiro atoms. The average molecular weight is 806 g/mol. The van der Waals surface area contributed by atoms with Crippen LogP contribution in [0.4, 0.5) is 0 Å². The molecule has 0 aliphatic rings. The van der Waals surface area contributed by atoms with Crippen LogP contribution in [0.3, 0.4) is 0 Å². The molecule has 0 radical (unpaired) electrons. The zero-order valence-electron chi connectivity index (χ0n) is 36.1. The van der Waals surface area contributed by atoms with Crippen LogP contribution in [0.2, 0.25) is 0 Å². The Morgan fingerprint density at radius 2 is 1.04 bits per heavy atom. The first-order chi connectivity index (χ1) is 27.0. The number of hydrogen-bond donors (Lipinski definition) is 0. The van der Waals surface area contributed by atoms with Crippen molar-refractivity contribution in [2.45, 2.75) is 161 Å². The lowest BCUT2D eigenvalue weighted by atomic mass is 10.1. The average Bonchev–Trinajstić information content (AvgIpc) is 3.15. The van der Waals surface area contributed by atoms with E-state index in [0.717, 1.165) is 57.8 Å². The predicted octanol–water partition coefficient (Wildman–Crippen LogP) is 11.6. The number of rotatable bonds is 38. The number of allylic oxidation sites excluding steroid dienone is 12. The molecular formula is C46H80NO8P. The number of carbonyl (C=O) groups excluding carboxylic acids is 2. The van der Waals surface area contributed by atoms with Gasteiger partial charge in [0.25, 0.3) is 7.82 Å². The summed E-state index contributed by atoms with van der Waals surface area (Å²) in [4.78, 5) is 37.5. The van der Waals surface area contributed by atoms with Gasteiger partial charge in [-0.1, -0.05) is 138 Å². The van der Waals surface area contributed by atoms with E-state index in [2.05, 4.69) is 80.7 Å². The Morgan fingerprint density at radius 3 is 1.59 bits per heavy atom. The van der Waals surface area contributed by atoms with E-state index in [9.17, 15) is 19.0 Å². The molecule has 0 fully saturated rings. The van der Waals surface area contributed by atoms with Gasteiger partial charge in [0.05, 0.1) is 27.7 Å². The van der Waals surface area contributed by atoms with Crippen molar-refractivity contribution in [3.8, 4) is 0 Å². The fourth-order valence-electron chi connectivity index (χ4n) is 5.33. The lowest BCUT2D eigenvalue weighted by molar-refractivity contribution is -0.870. The molecule has 1 unspecified atom stereocenters. The predicted molar refractivity (Wildman–Crippen MR) is 231 cm³/mol. The molecule has 0 aliphatic carbocycles. The maximum absolute atomic E-state index is 12.6. The highest BCUT2D eigenvalue weighted by Crippen LogP contribution is 2.38. The van der Waals surface area contributed by atoms with Gasteiger partial charge in [0.2, 0.25) is 0 Å². The van der Waals surface area contributed by atoms with E-state index in [1.807, 2.05) is 27.2 Å². The summed E-state index contributed by atoms with van der Waals surface area (Å²) in [5.74, 6) is -0.914. The highest BCUT2D eigenvalue weighted by atomic mass is 31.2. The van der Waals surface area contributed by atoms with Crippen LogP contribution in [0.15, 0.2) is 72.9 Å². The molecule has 9 nitrogen and oxygen atoms in total. The topological polar surface area (TPSA) is 111 Å². The van der Waals surface area contributed by atoms with Crippen molar-refractivity contribution in [3.05, 3.63) is 72.9 Å². The van der Waals surface area contributed by atoms with E-state index in [4.69, 9.17) is 18.5 Å². The Bertz CT molecular complexity index is 1180. The summed E-state index contributed by atoms with van der Waals surface area (Å²) in [6.07, 6.45) is 46.5. The van der Waals surface area contributed by atoms with E-state index >= 15 is 0 Å². The Hall–Kier alpha value is -2.55. The van der Waals surface area contributed by atoms with Gasteiger partial charge in [-0.25, -0.2) is 0 Å². The summed E-state index contributed by atoms with van der Waals surface area (Å²) in [6, 6.07) is 0. The Labute approximate surface area is 342 Å². The molecule has 0 N–H and O–H groups in total. The third kappa shape index (κ3) is 41.1. The van der Waals surface area contributed by atoms with Crippen LogP contribution in [-0.4, -0.2) is 70.0 Å². The summed E-state index contributed by atoms with van der Waals surface area (Å²) in [5, 5.41) is 0. The number of nitrogens with zero attached hydrogens (tertiary/aromatic N) is 1. The van der Waals surface area contributed by atoms with Crippen molar-refractivity contribution < 1.29 is 42.1 Å². The monoisotopic (exact) mass is 806 g/mol. The highest BCUT2D eigenvalue weighted by molar-refractivity contribution is 7.45. The molecule has 0 saturated heterocycles. The van der Waals surface area contributed by atoms with Crippen molar-refractivity contribution in [2.24, 2.45) is 0 Å². The lowest BCUT2D eigenvalue weighted by Crippen LogP contribution is -2.37. The molecule has 0 bridgehead atoms. The number of unbranched alkanes of at least 4 members (excludes halogenated alkanes) is 12. The molecule has 0 heterocycles. The molecule has 0 aromatic carbocycles. The maximum Gasteiger partial charge on any atom is 0.306 e. The first-order valence-corrected chi connectivity index (χ1v) is 23.1. The molecule has 2 atom stereocenters. The molecule has 0 aromatic rings. The van der Waals surface area contributed by atoms with Crippen molar-refractivity contribution in [2.75, 3.05) is 47.5 Å². The molecule has 0 saturated carbocycles. The largest absolute Gasteiger partial charge is 0.756 e. The number of quaternary nitrogens is 1. The normalized spacial score (nSPS) is 14.3. The molecular weight excluding hydrogens is 725 g/mol. The Balaban J connectivity index is 4.49. The third-order valence-corrected chi connectivity index (χ3v) is 9.67. The van der Waals surface area contributed by atoms with Crippen LogP contribution in [0.1, 0.15) is 155 Å². The summed E-state index contributed by atoms with van der Waals surface area (Å²) < 4.78 is 33.8. The first-order valence-electron chi connectivity index (χ1n) is 21.6. The SMILES string of the molecule is CC/C=C/C/C=C/C/C=C/C/C=C/C/C=C/CCCC(=O)O[C@H](COC(=O)CCCCCCCCC/C=C/CCCCCC)COP(=O)([O-])OCC[N+](C)(C)C. The van der Waals surface area contributed by atoms with Gasteiger partial charge in [0.1, 0.15) is 19.8 Å². The number of likely N-dealkylation sites (N-methyl/N-ethyl adjacent to an activating group) is 1. The fraction of sp³-hybridized carbons (Fsp3) is 0.696. The summed E-state index contributed by atoms with van der Waals surface area (Å²) in [5.41, 5.74) is 0. The maximum atomic E-state index is 12.6. The van der Waals surface area contributed by atoms with Gasteiger partial charge < -0.3 is 27.9 Å². The number of hydrogen-bond acceptors (Lipinski definition) is 8. The fourth-order valence-corrected chi connectivity index (χ4v) is 6.06. The Kier molecular flexibility index (Phi) is 36.3. The van der Waals surface area contributed by atoms with Crippen molar-refractivity contribution in [1.29, 1.82) is 0 Å². The molecule has 10 heteroatoms. The van der Waals surface area contributed by atoms with Gasteiger partial charge in [-0.15, -0.1) is 0 Å². The zero-order valence-corrected chi connectivity index (χ0v) is 36.9. The second kappa shape index (κ2) is 38.0. The van der Waals surface area contributed by atoms with Crippen LogP contribution in [0.25, 0.3) is 0 Å². The third-order valence-electron chi connectivity index (χ3n) is 8.71. The van der Waals surface area contributed by atoms with Gasteiger partial charge in [0.15, 0.2) is 6.10 Å². The molecule has 0 aliphatic heterocycles. The quantitative estimate of drug-likeness (QED) is 0.0199. The number of esters is 2. The summed E-state index contributed by atoms with van der Waals surface area (Å²) in [6.45, 7) is 4.01. The smallest absolute Gasteiger partial charge is 0.306 e. The van der Waals surface area contributed by atoms with E-state index in [1.54, 1.807) is 0 Å². The molecule has 0 aromatic heterocycles. The van der Waals surface area contributed by atoms with Gasteiger partial charge in [-0.3, -0.25) is 14.2 Å². The Morgan fingerprint density at radius 1 is 0.571 bits per heavy atom. The molecule has 322 valence electrons. The molecule has 0 amide bonds. The van der Waals surface area contributed by atoms with Crippen LogP contribution < -0.4 is 4.89 Å². The van der Waals surface area contributed by atoms with E-state index < -0.39 is 32.5 Å². The van der Waals surface area contributed by atoms with Crippen molar-refractivity contribution in [3.63, 3.8) is 0 Å². The van der Waals surface area contributed by atoms with Crippen LogP contribution in [-0.2, 0) is 32.7 Å². The summed E-state index contributed by atoms with van der Waals surface area (Å²) in [7, 11) is 1.11. The standard InChI is InChI=1S/C46H80NO8P/c1-6-8-10-12-14-16-18-20-22-23-25-27-29-31-33-35-37-39-46(49)55-44(43-54-56(50,51)53-41-40-47(3,4)5)42-52-45(48)38-36-34-32-30-28-26-24-21-19-17-15-13-11-9-7-2/h8,10,14,16-17,19-20,22,25,27,31,33,44H,6-7,9,11-13,15,18,21,23-24,26,28-30,32,34-43H2,1-5H3/b10-8+,16-14+,19-17+,22-20+,27-25+,33-31+/t44-/m1/s1. The van der Waals surface area contributed by atoms with Gasteiger partial charge in [-0.05, 0) is 77.0 Å². The zero-order chi connectivity index (χ0) is 41.4. The summed E-state index contributed by atoms with van der Waals surface area (Å²) >= 11 is 0. The minimum atomic E-state index is -4.64. The van der Waals surface area contributed by atoms with Crippen LogP contribution >= 0.6 is 7.82 Å². The van der Waals surface area contributed by atoms with Gasteiger partial charge in [-0.2, -0.15) is 0 Å². The number of phosphoric ester groups is 1. The molecule has 56 heavy (non-hydrogen) atoms. The first kappa shape index (κ1) is 53.5. The lowest BCUT2D eigenvalue weighted by Gasteiger charge is -2.28. The minimum Gasteiger partial charge on any atom is -0.756 e. The van der Waals surface area contributed by atoms with E-state index in [-0.39, 0.29) is 26.1 Å². The van der Waals surface area contributed by atoms with Crippen molar-refractivity contribution in [1.82, 2.24) is 0 Å². The van der Waals surface area contributed by atoms with E-state index in [1.165, 1.54) is 51.4 Å². The molecule has 0 rings (SSSR count). The second-order valence-corrected chi connectivity index (χ2v) is 16.7. The second-order valence-electron chi connectivity index (χ2n) is 15.3.